The Morgan fingerprint density at radius 2 is 2.21 bits per heavy atom. The van der Waals surface area contributed by atoms with Gasteiger partial charge in [0, 0.05) is 12.3 Å². The molecule has 0 aliphatic carbocycles. The third-order valence-corrected chi connectivity index (χ3v) is 3.06. The third kappa shape index (κ3) is 4.46. The lowest BCUT2D eigenvalue weighted by atomic mass is 10.0. The van der Waals surface area contributed by atoms with Gasteiger partial charge in [-0.25, -0.2) is 0 Å². The van der Waals surface area contributed by atoms with Crippen molar-refractivity contribution in [3.8, 4) is 0 Å². The summed E-state index contributed by atoms with van der Waals surface area (Å²) in [6.07, 6.45) is 1.31. The van der Waals surface area contributed by atoms with Crippen LogP contribution in [-0.2, 0) is 16.1 Å². The number of nitrogens with zero attached hydrogens (tertiary/aromatic N) is 1. The Morgan fingerprint density at radius 1 is 1.42 bits per heavy atom. The Morgan fingerprint density at radius 3 is 2.84 bits per heavy atom. The van der Waals surface area contributed by atoms with Gasteiger partial charge in [-0.1, -0.05) is 30.3 Å². The van der Waals surface area contributed by atoms with E-state index >= 15 is 0 Å². The van der Waals surface area contributed by atoms with Gasteiger partial charge in [-0.15, -0.1) is 0 Å². The van der Waals surface area contributed by atoms with Crippen LogP contribution in [0.15, 0.2) is 35.3 Å². The summed E-state index contributed by atoms with van der Waals surface area (Å²) in [7, 11) is 0. The predicted octanol–water partition coefficient (Wildman–Crippen LogP) is 1.44. The summed E-state index contributed by atoms with van der Waals surface area (Å²) in [6, 6.07) is 9.49. The lowest BCUT2D eigenvalue weighted by Crippen LogP contribution is -2.44. The fourth-order valence-electron chi connectivity index (χ4n) is 1.96. The minimum Gasteiger partial charge on any atom is -0.480 e. The molecule has 2 rings (SSSR count). The number of aliphatic carboxylic acids is 1. The van der Waals surface area contributed by atoms with Crippen LogP contribution in [0.2, 0.25) is 0 Å². The molecule has 1 atom stereocenters. The monoisotopic (exact) mass is 262 g/mol. The molecule has 1 aliphatic rings. The lowest BCUT2D eigenvalue weighted by molar-refractivity contribution is -0.139. The Labute approximate surface area is 112 Å². The quantitative estimate of drug-likeness (QED) is 0.788. The van der Waals surface area contributed by atoms with Gasteiger partial charge < -0.3 is 9.84 Å². The molecule has 1 saturated heterocycles. The van der Waals surface area contributed by atoms with Crippen molar-refractivity contribution in [3.05, 3.63) is 35.9 Å². The Bertz CT molecular complexity index is 435. The van der Waals surface area contributed by atoms with Crippen LogP contribution >= 0.6 is 0 Å². The average Bonchev–Trinajstić information content (AvgIpc) is 2.45. The van der Waals surface area contributed by atoms with Gasteiger partial charge in [-0.3, -0.25) is 15.1 Å². The molecule has 0 unspecified atom stereocenters. The zero-order valence-corrected chi connectivity index (χ0v) is 10.7. The van der Waals surface area contributed by atoms with Crippen molar-refractivity contribution in [2.24, 2.45) is 4.99 Å². The molecule has 0 radical (unpaired) electrons. The predicted molar refractivity (Wildman–Crippen MR) is 72.2 cm³/mol. The third-order valence-electron chi connectivity index (χ3n) is 3.06. The van der Waals surface area contributed by atoms with E-state index in [0.717, 1.165) is 17.7 Å². The number of carbonyl (C=O) groups is 1. The first-order valence-electron chi connectivity index (χ1n) is 6.36. The minimum atomic E-state index is -0.792. The molecule has 0 saturated carbocycles. The molecular formula is C14H18N2O3. The van der Waals surface area contributed by atoms with Crippen LogP contribution in [0.5, 0.6) is 0 Å². The van der Waals surface area contributed by atoms with Crippen molar-refractivity contribution in [1.29, 1.82) is 0 Å². The topological polar surface area (TPSA) is 70.9 Å². The number of rotatable bonds is 5. The molecule has 0 aromatic heterocycles. The number of carboxylic acids is 1. The number of aliphatic imine (C=N–C) groups is 1. The second-order valence-electron chi connectivity index (χ2n) is 4.50. The van der Waals surface area contributed by atoms with Crippen molar-refractivity contribution >= 4 is 11.7 Å². The Kier molecular flexibility index (Phi) is 5.06. The summed E-state index contributed by atoms with van der Waals surface area (Å²) in [4.78, 5) is 15.1. The maximum atomic E-state index is 10.8. The highest BCUT2D eigenvalue weighted by atomic mass is 16.5. The van der Waals surface area contributed by atoms with E-state index in [1.54, 1.807) is 0 Å². The number of ether oxygens (including phenoxy) is 1. The molecule has 102 valence electrons. The Hall–Kier alpha value is -1.72. The van der Waals surface area contributed by atoms with E-state index in [1.807, 2.05) is 30.3 Å². The van der Waals surface area contributed by atoms with E-state index in [0.29, 0.717) is 26.3 Å². The van der Waals surface area contributed by atoms with Crippen LogP contribution in [0.25, 0.3) is 0 Å². The number of hydrogen-bond acceptors (Lipinski definition) is 4. The van der Waals surface area contributed by atoms with Gasteiger partial charge in [0.05, 0.1) is 6.61 Å². The molecule has 0 spiro atoms. The summed E-state index contributed by atoms with van der Waals surface area (Å²) in [5.74, 6) is -0.792. The van der Waals surface area contributed by atoms with E-state index in [2.05, 4.69) is 10.3 Å². The minimum absolute atomic E-state index is 0.323. The molecule has 2 N–H and O–H groups in total. The lowest BCUT2D eigenvalue weighted by Gasteiger charge is -2.21. The van der Waals surface area contributed by atoms with Gasteiger partial charge in [-0.2, -0.15) is 0 Å². The number of piperidine rings is 1. The zero-order chi connectivity index (χ0) is 13.5. The molecule has 0 amide bonds. The number of nitrogens with one attached hydrogen (secondary N) is 1. The molecule has 1 fully saturated rings. The van der Waals surface area contributed by atoms with Gasteiger partial charge in [0.15, 0.2) is 0 Å². The van der Waals surface area contributed by atoms with Crippen LogP contribution in [0, 0.1) is 0 Å². The summed E-state index contributed by atoms with van der Waals surface area (Å²) in [5.41, 5.74) is 2.10. The smallest absolute Gasteiger partial charge is 0.320 e. The van der Waals surface area contributed by atoms with Gasteiger partial charge in [0.25, 0.3) is 0 Å². The molecule has 5 heteroatoms. The van der Waals surface area contributed by atoms with Crippen molar-refractivity contribution in [1.82, 2.24) is 5.32 Å². The normalized spacial score (nSPS) is 21.5. The molecule has 1 heterocycles. The first-order valence-corrected chi connectivity index (χ1v) is 6.36. The first-order chi connectivity index (χ1) is 9.25. The molecule has 19 heavy (non-hydrogen) atoms. The highest BCUT2D eigenvalue weighted by Crippen LogP contribution is 2.06. The summed E-state index contributed by atoms with van der Waals surface area (Å²) < 4.78 is 5.47. The van der Waals surface area contributed by atoms with Crippen molar-refractivity contribution < 1.29 is 14.6 Å². The van der Waals surface area contributed by atoms with Crippen LogP contribution in [0.4, 0.5) is 0 Å². The SMILES string of the molecule is O=C(O)[C@@H]1CC/C(=N\COCc2ccccc2)CN1. The Balaban J connectivity index is 1.68. The van der Waals surface area contributed by atoms with Gasteiger partial charge in [-0.05, 0) is 18.4 Å². The van der Waals surface area contributed by atoms with Gasteiger partial charge in [0.2, 0.25) is 0 Å². The van der Waals surface area contributed by atoms with Crippen LogP contribution < -0.4 is 5.32 Å². The highest BCUT2D eigenvalue weighted by molar-refractivity contribution is 5.89. The van der Waals surface area contributed by atoms with Crippen molar-refractivity contribution in [3.63, 3.8) is 0 Å². The van der Waals surface area contributed by atoms with Gasteiger partial charge >= 0.3 is 5.97 Å². The first kappa shape index (κ1) is 13.7. The molecule has 5 nitrogen and oxygen atoms in total. The van der Waals surface area contributed by atoms with Crippen molar-refractivity contribution in [2.75, 3.05) is 13.3 Å². The largest absolute Gasteiger partial charge is 0.480 e. The number of hydrogen-bond donors (Lipinski definition) is 2. The van der Waals surface area contributed by atoms with E-state index in [-0.39, 0.29) is 0 Å². The highest BCUT2D eigenvalue weighted by Gasteiger charge is 2.22. The van der Waals surface area contributed by atoms with E-state index in [9.17, 15) is 4.79 Å². The fourth-order valence-corrected chi connectivity index (χ4v) is 1.96. The van der Waals surface area contributed by atoms with Crippen LogP contribution in [0.3, 0.4) is 0 Å². The number of benzene rings is 1. The average molecular weight is 262 g/mol. The van der Waals surface area contributed by atoms with Crippen LogP contribution in [-0.4, -0.2) is 36.1 Å². The summed E-state index contributed by atoms with van der Waals surface area (Å²) in [5, 5.41) is 11.8. The van der Waals surface area contributed by atoms with E-state index < -0.39 is 12.0 Å². The fraction of sp³-hybridized carbons (Fsp3) is 0.429. The van der Waals surface area contributed by atoms with E-state index in [1.165, 1.54) is 0 Å². The van der Waals surface area contributed by atoms with Crippen LogP contribution in [0.1, 0.15) is 18.4 Å². The molecule has 1 aromatic carbocycles. The molecule has 0 bridgehead atoms. The summed E-state index contributed by atoms with van der Waals surface area (Å²) >= 11 is 0. The maximum absolute atomic E-state index is 10.8. The molecule has 1 aromatic rings. The molecular weight excluding hydrogens is 244 g/mol. The summed E-state index contributed by atoms with van der Waals surface area (Å²) in [6.45, 7) is 1.40. The molecule has 1 aliphatic heterocycles. The van der Waals surface area contributed by atoms with Crippen molar-refractivity contribution in [2.45, 2.75) is 25.5 Å². The van der Waals surface area contributed by atoms with Gasteiger partial charge in [0.1, 0.15) is 12.8 Å². The standard InChI is InChI=1S/C14H18N2O3/c17-14(18)13-7-6-12(8-15-13)16-10-19-9-11-4-2-1-3-5-11/h1-5,13,15H,6-10H2,(H,17,18)/b16-12+/t13-/m0/s1. The second kappa shape index (κ2) is 7.01. The number of carboxylic acid groups (broad SMARTS) is 1. The maximum Gasteiger partial charge on any atom is 0.320 e. The second-order valence-corrected chi connectivity index (χ2v) is 4.50. The zero-order valence-electron chi connectivity index (χ0n) is 10.7. The van der Waals surface area contributed by atoms with E-state index in [4.69, 9.17) is 9.84 Å².